The summed E-state index contributed by atoms with van der Waals surface area (Å²) in [6.07, 6.45) is 10.3. The topological polar surface area (TPSA) is 92.6 Å². The van der Waals surface area contributed by atoms with Gasteiger partial charge in [0.1, 0.15) is 17.7 Å². The maximum absolute atomic E-state index is 14.5. The van der Waals surface area contributed by atoms with Crippen LogP contribution in [0.3, 0.4) is 0 Å². The summed E-state index contributed by atoms with van der Waals surface area (Å²) >= 11 is 0. The number of ether oxygens (including phenoxy) is 1. The summed E-state index contributed by atoms with van der Waals surface area (Å²) in [6, 6.07) is 16.0. The molecule has 0 bridgehead atoms. The average Bonchev–Trinajstić information content (AvgIpc) is 3.31. The van der Waals surface area contributed by atoms with Crippen LogP contribution in [-0.2, 0) is 4.79 Å². The van der Waals surface area contributed by atoms with Crippen molar-refractivity contribution in [3.63, 3.8) is 0 Å². The molecule has 2 aromatic carbocycles. The minimum atomic E-state index is -0.539. The number of benzene rings is 2. The van der Waals surface area contributed by atoms with E-state index < -0.39 is 11.7 Å². The average molecular weight is 463 g/mol. The van der Waals surface area contributed by atoms with Crippen LogP contribution in [0.25, 0.3) is 23.0 Å². The highest BCUT2D eigenvalue weighted by atomic mass is 19.1. The van der Waals surface area contributed by atoms with E-state index in [9.17, 15) is 14.4 Å². The van der Waals surface area contributed by atoms with Crippen molar-refractivity contribution >= 4 is 23.5 Å². The minimum Gasteiger partial charge on any atom is -0.494 e. The first kappa shape index (κ1) is 21.9. The second kappa shape index (κ2) is 9.15. The smallest absolute Gasteiger partial charge is 0.260 e. The molecule has 8 heteroatoms. The quantitative estimate of drug-likeness (QED) is 0.512. The number of para-hydroxylation sites is 1. The molecule has 1 unspecified atom stereocenters. The van der Waals surface area contributed by atoms with Crippen molar-refractivity contribution in [1.82, 2.24) is 9.78 Å². The zero-order valence-corrected chi connectivity index (χ0v) is 18.6. The number of hydrogen-bond acceptors (Lipinski definition) is 5. The molecule has 170 valence electrons. The summed E-state index contributed by atoms with van der Waals surface area (Å²) in [5.41, 5.74) is 2.88. The minimum absolute atomic E-state index is 0.0306. The fraction of sp³-hybridized carbons (Fsp3) is 0.0741. The number of amidine groups is 1. The SMILES string of the molecule is COc1ccc(-c2nn(-c3ccccc3)cc2/C=C(/C#N)C2=NC(=O)C3C=CC=CC3=N2)cc1F. The van der Waals surface area contributed by atoms with Gasteiger partial charge in [0, 0.05) is 17.3 Å². The first-order valence-electron chi connectivity index (χ1n) is 10.7. The van der Waals surface area contributed by atoms with Crippen LogP contribution < -0.4 is 4.74 Å². The number of methoxy groups -OCH3 is 1. The summed E-state index contributed by atoms with van der Waals surface area (Å²) in [7, 11) is 1.39. The predicted molar refractivity (Wildman–Crippen MR) is 131 cm³/mol. The molecule has 0 fully saturated rings. The number of nitriles is 1. The lowest BCUT2D eigenvalue weighted by Gasteiger charge is -2.17. The van der Waals surface area contributed by atoms with Gasteiger partial charge in [-0.1, -0.05) is 36.4 Å². The van der Waals surface area contributed by atoms with Crippen LogP contribution in [0, 0.1) is 23.1 Å². The Kier molecular flexibility index (Phi) is 5.73. The van der Waals surface area contributed by atoms with Gasteiger partial charge in [-0.25, -0.2) is 14.1 Å². The number of fused-ring (bicyclic) bond motifs is 1. The molecule has 0 radical (unpaired) electrons. The van der Waals surface area contributed by atoms with Crippen molar-refractivity contribution < 1.29 is 13.9 Å². The molecule has 1 aliphatic heterocycles. The summed E-state index contributed by atoms with van der Waals surface area (Å²) in [5, 5.41) is 14.6. The maximum atomic E-state index is 14.5. The predicted octanol–water partition coefficient (Wildman–Crippen LogP) is 4.72. The first-order valence-corrected chi connectivity index (χ1v) is 10.7. The van der Waals surface area contributed by atoms with Crippen LogP contribution in [0.2, 0.25) is 0 Å². The van der Waals surface area contributed by atoms with Gasteiger partial charge in [-0.05, 0) is 42.5 Å². The monoisotopic (exact) mass is 463 g/mol. The van der Waals surface area contributed by atoms with Gasteiger partial charge < -0.3 is 4.74 Å². The second-order valence-electron chi connectivity index (χ2n) is 7.76. The van der Waals surface area contributed by atoms with Gasteiger partial charge in [-0.2, -0.15) is 15.4 Å². The molecule has 1 aliphatic carbocycles. The Balaban J connectivity index is 1.63. The van der Waals surface area contributed by atoms with Gasteiger partial charge in [0.25, 0.3) is 5.91 Å². The van der Waals surface area contributed by atoms with E-state index in [1.54, 1.807) is 47.3 Å². The van der Waals surface area contributed by atoms with Gasteiger partial charge in [0.15, 0.2) is 17.4 Å². The standard InChI is InChI=1S/C27H18FN5O2/c1-35-24-12-11-17(14-22(24)28)25-19(16-33(32-25)20-7-3-2-4-8-20)13-18(15-29)26-30-23-10-6-5-9-21(23)27(34)31-26/h2-14,16,21H,1H3/b18-13-. The summed E-state index contributed by atoms with van der Waals surface area (Å²) in [6.45, 7) is 0. The molecule has 3 aromatic rings. The molecule has 0 saturated carbocycles. The van der Waals surface area contributed by atoms with Crippen LogP contribution in [0.1, 0.15) is 5.56 Å². The molecule has 1 amide bonds. The van der Waals surface area contributed by atoms with Crippen molar-refractivity contribution in [2.24, 2.45) is 15.9 Å². The molecular weight excluding hydrogens is 445 g/mol. The van der Waals surface area contributed by atoms with Crippen molar-refractivity contribution in [2.45, 2.75) is 0 Å². The lowest BCUT2D eigenvalue weighted by atomic mass is 9.96. The molecule has 0 spiro atoms. The van der Waals surface area contributed by atoms with Crippen LogP contribution >= 0.6 is 0 Å². The lowest BCUT2D eigenvalue weighted by molar-refractivity contribution is -0.118. The van der Waals surface area contributed by atoms with Crippen molar-refractivity contribution in [3.8, 4) is 28.8 Å². The van der Waals surface area contributed by atoms with Gasteiger partial charge >= 0.3 is 0 Å². The molecular formula is C27H18FN5O2. The molecule has 2 aliphatic rings. The fourth-order valence-corrected chi connectivity index (χ4v) is 3.84. The number of carbonyl (C=O) groups is 1. The maximum Gasteiger partial charge on any atom is 0.260 e. The summed E-state index contributed by atoms with van der Waals surface area (Å²) < 4.78 is 21.2. The van der Waals surface area contributed by atoms with E-state index in [-0.39, 0.29) is 23.1 Å². The van der Waals surface area contributed by atoms with Crippen molar-refractivity contribution in [1.29, 1.82) is 5.26 Å². The van der Waals surface area contributed by atoms with E-state index in [2.05, 4.69) is 21.2 Å². The molecule has 1 aromatic heterocycles. The molecule has 2 heterocycles. The summed E-state index contributed by atoms with van der Waals surface area (Å²) in [4.78, 5) is 21.0. The van der Waals surface area contributed by atoms with Gasteiger partial charge in [-0.3, -0.25) is 4.79 Å². The number of aliphatic imine (C=N–C) groups is 2. The Morgan fingerprint density at radius 2 is 2.00 bits per heavy atom. The van der Waals surface area contributed by atoms with Gasteiger partial charge in [0.2, 0.25) is 0 Å². The number of hydrogen-bond donors (Lipinski definition) is 0. The number of carbonyl (C=O) groups excluding carboxylic acids is 1. The van der Waals surface area contributed by atoms with Gasteiger partial charge in [-0.15, -0.1) is 0 Å². The second-order valence-corrected chi connectivity index (χ2v) is 7.76. The van der Waals surface area contributed by atoms with Crippen molar-refractivity contribution in [2.75, 3.05) is 7.11 Å². The van der Waals surface area contributed by atoms with E-state index in [0.717, 1.165) is 5.69 Å². The fourth-order valence-electron chi connectivity index (χ4n) is 3.84. The highest BCUT2D eigenvalue weighted by Crippen LogP contribution is 2.30. The lowest BCUT2D eigenvalue weighted by Crippen LogP contribution is -2.27. The third kappa shape index (κ3) is 4.23. The Hall–Kier alpha value is -4.90. The third-order valence-corrected chi connectivity index (χ3v) is 5.57. The zero-order valence-electron chi connectivity index (χ0n) is 18.6. The molecule has 7 nitrogen and oxygen atoms in total. The number of nitrogens with zero attached hydrogens (tertiary/aromatic N) is 5. The molecule has 5 rings (SSSR count). The number of amides is 1. The van der Waals surface area contributed by atoms with Crippen LogP contribution in [0.4, 0.5) is 4.39 Å². The van der Waals surface area contributed by atoms with E-state index in [1.165, 1.54) is 19.2 Å². The number of allylic oxidation sites excluding steroid dienone is 3. The summed E-state index contributed by atoms with van der Waals surface area (Å²) in [5.74, 6) is -1.32. The van der Waals surface area contributed by atoms with Crippen LogP contribution in [-0.4, -0.2) is 34.3 Å². The Bertz CT molecular complexity index is 1520. The van der Waals surface area contributed by atoms with E-state index in [0.29, 0.717) is 22.5 Å². The zero-order chi connectivity index (χ0) is 24.4. The van der Waals surface area contributed by atoms with E-state index >= 15 is 0 Å². The Morgan fingerprint density at radius 3 is 2.74 bits per heavy atom. The molecule has 0 N–H and O–H groups in total. The van der Waals surface area contributed by atoms with E-state index in [1.807, 2.05) is 30.3 Å². The first-order chi connectivity index (χ1) is 17.1. The normalized spacial score (nSPS) is 16.9. The van der Waals surface area contributed by atoms with Crippen LogP contribution in [0.15, 0.2) is 94.6 Å². The van der Waals surface area contributed by atoms with E-state index in [4.69, 9.17) is 4.74 Å². The molecule has 35 heavy (non-hydrogen) atoms. The van der Waals surface area contributed by atoms with Gasteiger partial charge in [0.05, 0.1) is 24.1 Å². The Labute approximate surface area is 200 Å². The number of aromatic nitrogens is 2. The highest BCUT2D eigenvalue weighted by Gasteiger charge is 2.27. The number of rotatable bonds is 5. The number of halogens is 1. The van der Waals surface area contributed by atoms with Crippen LogP contribution in [0.5, 0.6) is 5.75 Å². The molecule has 0 saturated heterocycles. The van der Waals surface area contributed by atoms with Crippen molar-refractivity contribution in [3.05, 3.63) is 96.0 Å². The highest BCUT2D eigenvalue weighted by molar-refractivity contribution is 6.26. The largest absolute Gasteiger partial charge is 0.494 e. The molecule has 1 atom stereocenters. The Morgan fingerprint density at radius 1 is 1.17 bits per heavy atom. The third-order valence-electron chi connectivity index (χ3n) is 5.57.